The molecule has 5 aromatic rings. The van der Waals surface area contributed by atoms with Crippen LogP contribution in [0.2, 0.25) is 0 Å². The highest BCUT2D eigenvalue weighted by Gasteiger charge is 2.33. The Bertz CT molecular complexity index is 1740. The van der Waals surface area contributed by atoms with Crippen LogP contribution in [0.25, 0.3) is 21.7 Å². The fraction of sp³-hybridized carbons (Fsp3) is 0.188. The van der Waals surface area contributed by atoms with Gasteiger partial charge in [0.1, 0.15) is 5.82 Å². The number of nitrogens with zero attached hydrogens (tertiary/aromatic N) is 4. The minimum absolute atomic E-state index is 0.0929. The average molecular weight is 516 g/mol. The van der Waals surface area contributed by atoms with Crippen molar-refractivity contribution < 1.29 is 4.79 Å². The number of aromatic nitrogens is 2. The molecule has 1 aliphatic heterocycles. The second kappa shape index (κ2) is 10.6. The van der Waals surface area contributed by atoms with Crippen LogP contribution in [0.3, 0.4) is 0 Å². The molecular formula is C32H29N5O2. The Morgan fingerprint density at radius 3 is 2.51 bits per heavy atom. The van der Waals surface area contributed by atoms with Gasteiger partial charge in [-0.05, 0) is 46.6 Å². The maximum absolute atomic E-state index is 13.7. The molecule has 0 saturated carbocycles. The lowest BCUT2D eigenvalue weighted by atomic mass is 9.97. The molecule has 0 aliphatic carbocycles. The zero-order chi connectivity index (χ0) is 26.8. The zero-order valence-electron chi connectivity index (χ0n) is 21.7. The zero-order valence-corrected chi connectivity index (χ0v) is 21.7. The number of nitrogens with one attached hydrogen (secondary N) is 1. The Morgan fingerprint density at radius 1 is 0.949 bits per heavy atom. The SMILES string of the molecule is CCN(CC(=O)N1N=C(c2ccc3ccccc3c2)CC1c1ccccc1)Cc1nc2ccccc2c(=O)[nH]1. The van der Waals surface area contributed by atoms with E-state index in [0.29, 0.717) is 36.2 Å². The molecule has 0 bridgehead atoms. The van der Waals surface area contributed by atoms with Crippen LogP contribution in [0.15, 0.2) is 107 Å². The standard InChI is InChI=1S/C32H29N5O2/c1-2-36(20-30-33-27-15-9-8-14-26(27)32(39)34-30)21-31(38)37-29(23-11-4-3-5-12-23)19-28(35-37)25-17-16-22-10-6-7-13-24(22)18-25/h3-18,29H,2,19-21H2,1H3,(H,33,34,39). The molecule has 7 heteroatoms. The highest BCUT2D eigenvalue weighted by molar-refractivity contribution is 6.05. The van der Waals surface area contributed by atoms with Gasteiger partial charge in [0.15, 0.2) is 0 Å². The van der Waals surface area contributed by atoms with Gasteiger partial charge < -0.3 is 4.98 Å². The van der Waals surface area contributed by atoms with Gasteiger partial charge in [-0.3, -0.25) is 14.5 Å². The van der Waals surface area contributed by atoms with Gasteiger partial charge in [0, 0.05) is 6.42 Å². The Hall–Kier alpha value is -4.62. The van der Waals surface area contributed by atoms with Crippen LogP contribution < -0.4 is 5.56 Å². The molecule has 194 valence electrons. The third kappa shape index (κ3) is 5.09. The molecule has 0 fully saturated rings. The topological polar surface area (TPSA) is 81.7 Å². The molecule has 2 heterocycles. The number of hydrogen-bond acceptors (Lipinski definition) is 5. The van der Waals surface area contributed by atoms with E-state index in [-0.39, 0.29) is 24.1 Å². The van der Waals surface area contributed by atoms with Crippen LogP contribution in [-0.2, 0) is 11.3 Å². The molecule has 0 radical (unpaired) electrons. The lowest BCUT2D eigenvalue weighted by molar-refractivity contribution is -0.134. The minimum Gasteiger partial charge on any atom is -0.309 e. The van der Waals surface area contributed by atoms with E-state index in [4.69, 9.17) is 5.10 Å². The molecule has 1 aromatic heterocycles. The Labute approximate surface area is 226 Å². The summed E-state index contributed by atoms with van der Waals surface area (Å²) >= 11 is 0. The summed E-state index contributed by atoms with van der Waals surface area (Å²) in [6, 6.07) is 31.7. The summed E-state index contributed by atoms with van der Waals surface area (Å²) in [4.78, 5) is 35.8. The lowest BCUT2D eigenvalue weighted by Crippen LogP contribution is -2.38. The van der Waals surface area contributed by atoms with Gasteiger partial charge in [0.25, 0.3) is 11.5 Å². The van der Waals surface area contributed by atoms with Gasteiger partial charge >= 0.3 is 0 Å². The fourth-order valence-corrected chi connectivity index (χ4v) is 5.18. The number of rotatable bonds is 7. The lowest BCUT2D eigenvalue weighted by Gasteiger charge is -2.26. The summed E-state index contributed by atoms with van der Waals surface area (Å²) in [6.07, 6.45) is 0.639. The molecule has 1 amide bonds. The van der Waals surface area contributed by atoms with E-state index in [1.54, 1.807) is 11.1 Å². The number of hydrazone groups is 1. The maximum Gasteiger partial charge on any atom is 0.258 e. The highest BCUT2D eigenvalue weighted by atomic mass is 16.2. The summed E-state index contributed by atoms with van der Waals surface area (Å²) < 4.78 is 0. The normalized spacial score (nSPS) is 15.3. The predicted molar refractivity (Wildman–Crippen MR) is 154 cm³/mol. The minimum atomic E-state index is -0.183. The molecule has 0 saturated heterocycles. The smallest absolute Gasteiger partial charge is 0.258 e. The van der Waals surface area contributed by atoms with Crippen molar-refractivity contribution in [2.45, 2.75) is 25.9 Å². The quantitative estimate of drug-likeness (QED) is 0.320. The number of para-hydroxylation sites is 1. The molecule has 7 nitrogen and oxygen atoms in total. The molecule has 1 aliphatic rings. The van der Waals surface area contributed by atoms with Gasteiger partial charge in [-0.1, -0.05) is 85.8 Å². The van der Waals surface area contributed by atoms with Crippen LogP contribution in [0.4, 0.5) is 0 Å². The van der Waals surface area contributed by atoms with Crippen molar-refractivity contribution in [3.63, 3.8) is 0 Å². The largest absolute Gasteiger partial charge is 0.309 e. The molecule has 0 spiro atoms. The van der Waals surface area contributed by atoms with E-state index in [9.17, 15) is 9.59 Å². The molecule has 4 aromatic carbocycles. The monoisotopic (exact) mass is 515 g/mol. The van der Waals surface area contributed by atoms with Crippen LogP contribution in [0.5, 0.6) is 0 Å². The van der Waals surface area contributed by atoms with Crippen molar-refractivity contribution in [2.24, 2.45) is 5.10 Å². The van der Waals surface area contributed by atoms with Crippen molar-refractivity contribution in [3.8, 4) is 0 Å². The van der Waals surface area contributed by atoms with Gasteiger partial charge in [-0.25, -0.2) is 9.99 Å². The van der Waals surface area contributed by atoms with E-state index in [1.165, 1.54) is 5.39 Å². The Balaban J connectivity index is 1.27. The second-order valence-electron chi connectivity index (χ2n) is 9.81. The third-order valence-corrected chi connectivity index (χ3v) is 7.27. The number of fused-ring (bicyclic) bond motifs is 2. The third-order valence-electron chi connectivity index (χ3n) is 7.27. The van der Waals surface area contributed by atoms with E-state index in [1.807, 2.05) is 72.5 Å². The van der Waals surface area contributed by atoms with E-state index >= 15 is 0 Å². The van der Waals surface area contributed by atoms with Crippen molar-refractivity contribution in [1.82, 2.24) is 19.9 Å². The first kappa shape index (κ1) is 24.7. The van der Waals surface area contributed by atoms with Gasteiger partial charge in [-0.2, -0.15) is 5.10 Å². The molecular weight excluding hydrogens is 486 g/mol. The number of hydrogen-bond donors (Lipinski definition) is 1. The number of amides is 1. The van der Waals surface area contributed by atoms with Crippen molar-refractivity contribution in [1.29, 1.82) is 0 Å². The van der Waals surface area contributed by atoms with Crippen molar-refractivity contribution >= 4 is 33.3 Å². The van der Waals surface area contributed by atoms with Gasteiger partial charge in [0.05, 0.1) is 35.7 Å². The molecule has 6 rings (SSSR count). The number of carbonyl (C=O) groups is 1. The first-order valence-corrected chi connectivity index (χ1v) is 13.2. The maximum atomic E-state index is 13.7. The van der Waals surface area contributed by atoms with E-state index < -0.39 is 0 Å². The van der Waals surface area contributed by atoms with Crippen LogP contribution in [-0.4, -0.2) is 44.6 Å². The first-order valence-electron chi connectivity index (χ1n) is 13.2. The predicted octanol–water partition coefficient (Wildman–Crippen LogP) is 5.28. The number of aromatic amines is 1. The van der Waals surface area contributed by atoms with Crippen molar-refractivity contribution in [3.05, 3.63) is 124 Å². The average Bonchev–Trinajstić information content (AvgIpc) is 3.43. The molecule has 1 unspecified atom stereocenters. The molecule has 1 N–H and O–H groups in total. The summed E-state index contributed by atoms with van der Waals surface area (Å²) in [6.45, 7) is 3.13. The second-order valence-corrected chi connectivity index (χ2v) is 9.81. The van der Waals surface area contributed by atoms with Gasteiger partial charge in [-0.15, -0.1) is 0 Å². The number of H-pyrrole nitrogens is 1. The Kier molecular flexibility index (Phi) is 6.73. The van der Waals surface area contributed by atoms with E-state index in [2.05, 4.69) is 40.3 Å². The molecule has 39 heavy (non-hydrogen) atoms. The van der Waals surface area contributed by atoms with Crippen LogP contribution in [0, 0.1) is 0 Å². The fourth-order valence-electron chi connectivity index (χ4n) is 5.18. The summed E-state index contributed by atoms with van der Waals surface area (Å²) in [5, 5.41) is 9.38. The molecule has 1 atom stereocenters. The Morgan fingerprint density at radius 2 is 1.69 bits per heavy atom. The van der Waals surface area contributed by atoms with Gasteiger partial charge in [0.2, 0.25) is 0 Å². The van der Waals surface area contributed by atoms with Crippen LogP contribution >= 0.6 is 0 Å². The summed E-state index contributed by atoms with van der Waals surface area (Å²) in [5.74, 6) is 0.444. The summed E-state index contributed by atoms with van der Waals surface area (Å²) in [5.41, 5.74) is 3.44. The van der Waals surface area contributed by atoms with E-state index in [0.717, 1.165) is 22.2 Å². The number of benzene rings is 4. The highest BCUT2D eigenvalue weighted by Crippen LogP contribution is 2.33. The van der Waals surface area contributed by atoms with Crippen LogP contribution in [0.1, 0.15) is 36.3 Å². The first-order chi connectivity index (χ1) is 19.1. The van der Waals surface area contributed by atoms with Crippen molar-refractivity contribution in [2.75, 3.05) is 13.1 Å². The summed E-state index contributed by atoms with van der Waals surface area (Å²) in [7, 11) is 0. The number of likely N-dealkylation sites (N-methyl/N-ethyl adjacent to an activating group) is 1. The number of carbonyl (C=O) groups excluding carboxylic acids is 1.